The molecule has 0 saturated carbocycles. The van der Waals surface area contributed by atoms with E-state index in [1.54, 1.807) is 0 Å². The second-order valence-electron chi connectivity index (χ2n) is 12.7. The first kappa shape index (κ1) is 28.0. The monoisotopic (exact) mass is 566 g/mol. The fourth-order valence-electron chi connectivity index (χ4n) is 7.10. The largest absolute Gasteiger partial charge is 0.400 e. The molecule has 7 heteroatoms. The number of hydrogen-bond donors (Lipinski definition) is 1. The van der Waals surface area contributed by atoms with Crippen LogP contribution in [0.3, 0.4) is 0 Å². The van der Waals surface area contributed by atoms with E-state index in [2.05, 4.69) is 115 Å². The zero-order chi connectivity index (χ0) is 28.6. The summed E-state index contributed by atoms with van der Waals surface area (Å²) in [5, 5.41) is 3.62. The van der Waals surface area contributed by atoms with E-state index in [1.807, 2.05) is 6.20 Å². The van der Waals surface area contributed by atoms with Crippen LogP contribution in [0.15, 0.2) is 79.0 Å². The van der Waals surface area contributed by atoms with Crippen LogP contribution in [0.4, 0.5) is 5.95 Å². The van der Waals surface area contributed by atoms with E-state index in [0.717, 1.165) is 43.4 Å². The third-order valence-electron chi connectivity index (χ3n) is 9.17. The molecule has 3 aromatic carbocycles. The lowest BCUT2D eigenvalue weighted by atomic mass is 9.85. The van der Waals surface area contributed by atoms with Crippen molar-refractivity contribution in [1.82, 2.24) is 14.9 Å². The molecule has 0 radical (unpaired) electrons. The molecule has 0 bridgehead atoms. The molecule has 1 aromatic heterocycles. The van der Waals surface area contributed by atoms with Crippen LogP contribution in [0, 0.1) is 6.92 Å². The summed E-state index contributed by atoms with van der Waals surface area (Å²) in [5.74, 6) is 0.834. The first-order valence-electron chi connectivity index (χ1n) is 14.9. The van der Waals surface area contributed by atoms with Gasteiger partial charge in [0.2, 0.25) is 5.95 Å². The standard InChI is InChI=1S/C34H42N4O2Si/c1-24-19-26-21-36-33(35)37-30(26)20-29(24)25-15-17-38(18-16-25)31-22-39-23-32(31)40-41(34(2,3)4,27-11-7-5-8-12-27)28-13-9-6-10-14-28/h5-14,19-21,25,31-32H,15-18,22-23H2,1-4H3,(H2,35,36,37)/t31-,32+/m0/s1. The summed E-state index contributed by atoms with van der Waals surface area (Å²) in [4.78, 5) is 11.3. The van der Waals surface area contributed by atoms with Gasteiger partial charge in [0.25, 0.3) is 8.32 Å². The maximum absolute atomic E-state index is 7.54. The highest BCUT2D eigenvalue weighted by Crippen LogP contribution is 2.40. The van der Waals surface area contributed by atoms with Crippen molar-refractivity contribution in [2.45, 2.75) is 63.6 Å². The number of hydrogen-bond acceptors (Lipinski definition) is 6. The first-order chi connectivity index (χ1) is 19.8. The maximum Gasteiger partial charge on any atom is 0.261 e. The number of aryl methyl sites for hydroxylation is 1. The molecule has 0 unspecified atom stereocenters. The van der Waals surface area contributed by atoms with Gasteiger partial charge in [-0.3, -0.25) is 4.90 Å². The van der Waals surface area contributed by atoms with Crippen LogP contribution >= 0.6 is 0 Å². The molecule has 41 heavy (non-hydrogen) atoms. The Hall–Kier alpha value is -3.10. The van der Waals surface area contributed by atoms with Crippen LogP contribution in [-0.4, -0.2) is 61.6 Å². The lowest BCUT2D eigenvalue weighted by Crippen LogP contribution is -2.69. The van der Waals surface area contributed by atoms with Gasteiger partial charge in [0, 0.05) is 11.6 Å². The van der Waals surface area contributed by atoms with E-state index in [9.17, 15) is 0 Å². The highest BCUT2D eigenvalue weighted by atomic mass is 28.4. The third-order valence-corrected chi connectivity index (χ3v) is 14.2. The van der Waals surface area contributed by atoms with Gasteiger partial charge in [0.05, 0.1) is 30.9 Å². The van der Waals surface area contributed by atoms with Gasteiger partial charge in [-0.25, -0.2) is 9.97 Å². The molecule has 214 valence electrons. The molecule has 6 rings (SSSR count). The molecule has 2 saturated heterocycles. The van der Waals surface area contributed by atoms with E-state index in [0.29, 0.717) is 18.5 Å². The zero-order valence-corrected chi connectivity index (χ0v) is 25.7. The molecule has 2 atom stereocenters. The molecule has 3 heterocycles. The van der Waals surface area contributed by atoms with Gasteiger partial charge in [-0.2, -0.15) is 0 Å². The highest BCUT2D eigenvalue weighted by Gasteiger charge is 2.53. The minimum absolute atomic E-state index is 0.0277. The number of aromatic nitrogens is 2. The maximum atomic E-state index is 7.54. The van der Waals surface area contributed by atoms with Crippen molar-refractivity contribution < 1.29 is 9.16 Å². The number of nitrogens with two attached hydrogens (primary N) is 1. The van der Waals surface area contributed by atoms with Crippen molar-refractivity contribution >= 4 is 35.5 Å². The predicted molar refractivity (Wildman–Crippen MR) is 169 cm³/mol. The van der Waals surface area contributed by atoms with Crippen LogP contribution in [0.2, 0.25) is 5.04 Å². The summed E-state index contributed by atoms with van der Waals surface area (Å²) in [6.07, 6.45) is 4.06. The van der Waals surface area contributed by atoms with Crippen molar-refractivity contribution in [3.05, 3.63) is 90.1 Å². The van der Waals surface area contributed by atoms with Crippen molar-refractivity contribution in [3.63, 3.8) is 0 Å². The number of nitrogen functional groups attached to an aromatic ring is 1. The van der Waals surface area contributed by atoms with Crippen molar-refractivity contribution in [2.75, 3.05) is 32.0 Å². The van der Waals surface area contributed by atoms with Crippen molar-refractivity contribution in [2.24, 2.45) is 0 Å². The Morgan fingerprint density at radius 3 is 2.17 bits per heavy atom. The average molecular weight is 567 g/mol. The summed E-state index contributed by atoms with van der Waals surface area (Å²) >= 11 is 0. The second-order valence-corrected chi connectivity index (χ2v) is 17.0. The van der Waals surface area contributed by atoms with Crippen LogP contribution < -0.4 is 16.1 Å². The number of anilines is 1. The van der Waals surface area contributed by atoms with E-state index in [4.69, 9.17) is 14.9 Å². The SMILES string of the molecule is Cc1cc2cnc(N)nc2cc1C1CCN([C@H]2COC[C@H]2O[Si](c2ccccc2)(c2ccccc2)C(C)(C)C)CC1. The van der Waals surface area contributed by atoms with E-state index in [-0.39, 0.29) is 17.2 Å². The van der Waals surface area contributed by atoms with Crippen molar-refractivity contribution in [3.8, 4) is 0 Å². The first-order valence-corrected chi connectivity index (χ1v) is 16.8. The molecule has 2 aliphatic rings. The molecule has 4 aromatic rings. The molecular formula is C34H42N4O2Si. The van der Waals surface area contributed by atoms with Crippen LogP contribution in [-0.2, 0) is 9.16 Å². The number of fused-ring (bicyclic) bond motifs is 1. The summed E-state index contributed by atoms with van der Waals surface area (Å²) in [6, 6.07) is 26.6. The summed E-state index contributed by atoms with van der Waals surface area (Å²) in [7, 11) is -2.65. The minimum Gasteiger partial charge on any atom is -0.400 e. The van der Waals surface area contributed by atoms with Gasteiger partial charge in [0.15, 0.2) is 0 Å². The summed E-state index contributed by atoms with van der Waals surface area (Å²) < 4.78 is 13.7. The van der Waals surface area contributed by atoms with Gasteiger partial charge in [0.1, 0.15) is 0 Å². The van der Waals surface area contributed by atoms with Crippen molar-refractivity contribution in [1.29, 1.82) is 0 Å². The van der Waals surface area contributed by atoms with Gasteiger partial charge < -0.3 is 14.9 Å². The molecule has 6 nitrogen and oxygen atoms in total. The number of piperidine rings is 1. The lowest BCUT2D eigenvalue weighted by molar-refractivity contribution is 0.0747. The van der Waals surface area contributed by atoms with Crippen LogP contribution in [0.25, 0.3) is 10.9 Å². The van der Waals surface area contributed by atoms with Gasteiger partial charge >= 0.3 is 0 Å². The smallest absolute Gasteiger partial charge is 0.261 e. The molecule has 0 spiro atoms. The average Bonchev–Trinajstić information content (AvgIpc) is 3.44. The normalized spacial score (nSPS) is 21.0. The Balaban J connectivity index is 1.25. The Morgan fingerprint density at radius 1 is 0.927 bits per heavy atom. The Morgan fingerprint density at radius 2 is 1.56 bits per heavy atom. The number of likely N-dealkylation sites (tertiary alicyclic amines) is 1. The Labute approximate surface area is 245 Å². The summed E-state index contributed by atoms with van der Waals surface area (Å²) in [5.41, 5.74) is 9.51. The Bertz CT molecular complexity index is 1440. The zero-order valence-electron chi connectivity index (χ0n) is 24.7. The molecular weight excluding hydrogens is 524 g/mol. The number of rotatable bonds is 6. The third kappa shape index (κ3) is 5.32. The van der Waals surface area contributed by atoms with E-state index in [1.165, 1.54) is 21.5 Å². The van der Waals surface area contributed by atoms with Crippen LogP contribution in [0.1, 0.15) is 50.7 Å². The highest BCUT2D eigenvalue weighted by molar-refractivity contribution is 6.99. The second kappa shape index (κ2) is 11.3. The molecule has 2 fully saturated rings. The molecule has 0 aliphatic carbocycles. The number of ether oxygens (including phenoxy) is 1. The van der Waals surface area contributed by atoms with Gasteiger partial charge in [-0.15, -0.1) is 0 Å². The topological polar surface area (TPSA) is 73.5 Å². The predicted octanol–water partition coefficient (Wildman–Crippen LogP) is 5.04. The molecule has 0 amide bonds. The van der Waals surface area contributed by atoms with E-state index >= 15 is 0 Å². The molecule has 2 N–H and O–H groups in total. The lowest BCUT2D eigenvalue weighted by Gasteiger charge is -2.46. The Kier molecular flexibility index (Phi) is 7.72. The fourth-order valence-corrected chi connectivity index (χ4v) is 11.8. The van der Waals surface area contributed by atoms with Gasteiger partial charge in [-0.1, -0.05) is 81.4 Å². The van der Waals surface area contributed by atoms with E-state index < -0.39 is 8.32 Å². The molecule has 2 aliphatic heterocycles. The van der Waals surface area contributed by atoms with Gasteiger partial charge in [-0.05, 0) is 77.4 Å². The number of nitrogens with zero attached hydrogens (tertiary/aromatic N) is 3. The fraction of sp³-hybridized carbons (Fsp3) is 0.412. The van der Waals surface area contributed by atoms with Crippen LogP contribution in [0.5, 0.6) is 0 Å². The quantitative estimate of drug-likeness (QED) is 0.330. The summed E-state index contributed by atoms with van der Waals surface area (Å²) in [6.45, 7) is 12.7. The number of benzene rings is 3. The minimum atomic E-state index is -2.65.